The van der Waals surface area contributed by atoms with Gasteiger partial charge in [0.1, 0.15) is 5.76 Å². The molecule has 32 heavy (non-hydrogen) atoms. The van der Waals surface area contributed by atoms with E-state index in [1.165, 1.54) is 0 Å². The molecule has 0 unspecified atom stereocenters. The Morgan fingerprint density at radius 2 is 1.84 bits per heavy atom. The van der Waals surface area contributed by atoms with Crippen LogP contribution in [-0.2, 0) is 11.3 Å². The number of anilines is 1. The largest absolute Gasteiger partial charge is 0.467 e. The molecule has 1 aliphatic heterocycles. The number of aromatic nitrogens is 1. The number of piperazine rings is 1. The van der Waals surface area contributed by atoms with Crippen LogP contribution >= 0.6 is 11.6 Å². The number of nitrogens with one attached hydrogen (secondary N) is 1. The van der Waals surface area contributed by atoms with Gasteiger partial charge < -0.3 is 24.1 Å². The van der Waals surface area contributed by atoms with Crippen molar-refractivity contribution in [3.8, 4) is 0 Å². The molecule has 8 heteroatoms. The van der Waals surface area contributed by atoms with Gasteiger partial charge in [0.25, 0.3) is 5.91 Å². The molecule has 7 nitrogen and oxygen atoms in total. The molecule has 1 saturated heterocycles. The summed E-state index contributed by atoms with van der Waals surface area (Å²) in [6, 6.07) is 13.3. The highest BCUT2D eigenvalue weighted by molar-refractivity contribution is 6.30. The molecule has 3 aromatic rings. The van der Waals surface area contributed by atoms with Gasteiger partial charge in [0.2, 0.25) is 5.91 Å². The highest BCUT2D eigenvalue weighted by atomic mass is 35.5. The fourth-order valence-corrected chi connectivity index (χ4v) is 4.27. The van der Waals surface area contributed by atoms with Crippen molar-refractivity contribution in [2.24, 2.45) is 0 Å². The number of hydrogen-bond acceptors (Lipinski definition) is 4. The summed E-state index contributed by atoms with van der Waals surface area (Å²) in [6.07, 6.45) is 1.64. The van der Waals surface area contributed by atoms with Crippen molar-refractivity contribution in [2.45, 2.75) is 20.4 Å². The average Bonchev–Trinajstić information content (AvgIpc) is 3.41. The van der Waals surface area contributed by atoms with Crippen LogP contribution < -0.4 is 10.2 Å². The maximum Gasteiger partial charge on any atom is 0.253 e. The SMILES string of the molecule is Cc1cc(C(=O)NCC(=O)N2CCN(c3cccc(Cl)c3)CC2)c(C)n1Cc1ccco1. The van der Waals surface area contributed by atoms with Gasteiger partial charge in [0.05, 0.1) is 24.9 Å². The van der Waals surface area contributed by atoms with Crippen molar-refractivity contribution in [1.82, 2.24) is 14.8 Å². The first-order valence-corrected chi connectivity index (χ1v) is 11.1. The highest BCUT2D eigenvalue weighted by Gasteiger charge is 2.23. The molecule has 1 fully saturated rings. The Labute approximate surface area is 192 Å². The van der Waals surface area contributed by atoms with Crippen LogP contribution in [0.1, 0.15) is 27.5 Å². The number of carbonyl (C=O) groups is 2. The van der Waals surface area contributed by atoms with E-state index in [9.17, 15) is 9.59 Å². The zero-order valence-electron chi connectivity index (χ0n) is 18.3. The van der Waals surface area contributed by atoms with Crippen molar-refractivity contribution in [3.63, 3.8) is 0 Å². The lowest BCUT2D eigenvalue weighted by Gasteiger charge is -2.36. The zero-order chi connectivity index (χ0) is 22.7. The molecule has 168 valence electrons. The molecule has 0 saturated carbocycles. The van der Waals surface area contributed by atoms with Gasteiger partial charge in [0, 0.05) is 48.3 Å². The first-order valence-electron chi connectivity index (χ1n) is 10.7. The van der Waals surface area contributed by atoms with Gasteiger partial charge in [-0.2, -0.15) is 0 Å². The summed E-state index contributed by atoms with van der Waals surface area (Å²) in [4.78, 5) is 29.4. The highest BCUT2D eigenvalue weighted by Crippen LogP contribution is 2.21. The number of furan rings is 1. The van der Waals surface area contributed by atoms with Crippen LogP contribution in [0.3, 0.4) is 0 Å². The van der Waals surface area contributed by atoms with E-state index in [2.05, 4.69) is 10.2 Å². The Kier molecular flexibility index (Phi) is 6.55. The lowest BCUT2D eigenvalue weighted by Crippen LogP contribution is -2.51. The predicted molar refractivity (Wildman–Crippen MR) is 124 cm³/mol. The third-order valence-electron chi connectivity index (χ3n) is 5.92. The minimum Gasteiger partial charge on any atom is -0.467 e. The van der Waals surface area contributed by atoms with E-state index in [-0.39, 0.29) is 18.4 Å². The first-order chi connectivity index (χ1) is 15.4. The van der Waals surface area contributed by atoms with Gasteiger partial charge in [0.15, 0.2) is 0 Å². The molecular weight excluding hydrogens is 428 g/mol. The topological polar surface area (TPSA) is 70.7 Å². The number of benzene rings is 1. The second-order valence-electron chi connectivity index (χ2n) is 7.98. The third-order valence-corrected chi connectivity index (χ3v) is 6.15. The van der Waals surface area contributed by atoms with Crippen LogP contribution in [0.25, 0.3) is 0 Å². The maximum absolute atomic E-state index is 12.8. The Hall–Kier alpha value is -3.19. The van der Waals surface area contributed by atoms with Crippen LogP contribution in [0, 0.1) is 13.8 Å². The van der Waals surface area contributed by atoms with Gasteiger partial charge >= 0.3 is 0 Å². The summed E-state index contributed by atoms with van der Waals surface area (Å²) < 4.78 is 7.46. The molecule has 0 aliphatic carbocycles. The Balaban J connectivity index is 1.30. The van der Waals surface area contributed by atoms with Crippen LogP contribution in [0.4, 0.5) is 5.69 Å². The molecule has 0 bridgehead atoms. The number of hydrogen-bond donors (Lipinski definition) is 1. The Morgan fingerprint density at radius 3 is 2.53 bits per heavy atom. The molecule has 3 heterocycles. The van der Waals surface area contributed by atoms with Gasteiger partial charge in [-0.05, 0) is 50.2 Å². The average molecular weight is 455 g/mol. The fourth-order valence-electron chi connectivity index (χ4n) is 4.08. The third kappa shape index (κ3) is 4.83. The summed E-state index contributed by atoms with van der Waals surface area (Å²) in [7, 11) is 0. The van der Waals surface area contributed by atoms with Gasteiger partial charge in [-0.25, -0.2) is 0 Å². The van der Waals surface area contributed by atoms with Gasteiger partial charge in [-0.3, -0.25) is 9.59 Å². The molecule has 1 N–H and O–H groups in total. The molecule has 4 rings (SSSR count). The molecular formula is C24H27ClN4O3. The van der Waals surface area contributed by atoms with E-state index in [4.69, 9.17) is 16.0 Å². The predicted octanol–water partition coefficient (Wildman–Crippen LogP) is 3.48. The first kappa shape index (κ1) is 22.0. The van der Waals surface area contributed by atoms with E-state index in [1.54, 1.807) is 11.2 Å². The number of nitrogens with zero attached hydrogens (tertiary/aromatic N) is 3. The monoisotopic (exact) mass is 454 g/mol. The molecule has 0 radical (unpaired) electrons. The minimum absolute atomic E-state index is 0.0160. The fraction of sp³-hybridized carbons (Fsp3) is 0.333. The van der Waals surface area contributed by atoms with Crippen molar-refractivity contribution in [2.75, 3.05) is 37.6 Å². The standard InChI is InChI=1S/C24H27ClN4O3/c1-17-13-22(18(2)29(17)16-21-7-4-12-32-21)24(31)26-15-23(30)28-10-8-27(9-11-28)20-6-3-5-19(25)14-20/h3-7,12-14H,8-11,15-16H2,1-2H3,(H,26,31). The summed E-state index contributed by atoms with van der Waals surface area (Å²) in [5.41, 5.74) is 3.45. The van der Waals surface area contributed by atoms with Crippen molar-refractivity contribution in [1.29, 1.82) is 0 Å². The number of halogens is 1. The second kappa shape index (κ2) is 9.53. The van der Waals surface area contributed by atoms with E-state index >= 15 is 0 Å². The summed E-state index contributed by atoms with van der Waals surface area (Å²) in [5.74, 6) is 0.508. The van der Waals surface area contributed by atoms with Gasteiger partial charge in [-0.1, -0.05) is 17.7 Å². The zero-order valence-corrected chi connectivity index (χ0v) is 19.1. The van der Waals surface area contributed by atoms with E-state index in [1.807, 2.05) is 60.9 Å². The smallest absolute Gasteiger partial charge is 0.253 e. The number of aryl methyl sites for hydroxylation is 1. The normalized spacial score (nSPS) is 14.0. The van der Waals surface area contributed by atoms with Crippen LogP contribution in [-0.4, -0.2) is 54.0 Å². The summed E-state index contributed by atoms with van der Waals surface area (Å²) >= 11 is 6.08. The van der Waals surface area contributed by atoms with Crippen LogP contribution in [0.5, 0.6) is 0 Å². The van der Waals surface area contributed by atoms with Crippen LogP contribution in [0.2, 0.25) is 5.02 Å². The molecule has 0 atom stereocenters. The number of carbonyl (C=O) groups excluding carboxylic acids is 2. The molecule has 0 spiro atoms. The minimum atomic E-state index is -0.241. The van der Waals surface area contributed by atoms with E-state index in [0.29, 0.717) is 30.2 Å². The van der Waals surface area contributed by atoms with Crippen molar-refractivity contribution >= 4 is 29.1 Å². The van der Waals surface area contributed by atoms with E-state index in [0.717, 1.165) is 35.9 Å². The van der Waals surface area contributed by atoms with Gasteiger partial charge in [-0.15, -0.1) is 0 Å². The summed E-state index contributed by atoms with van der Waals surface area (Å²) in [5, 5.41) is 3.49. The number of amides is 2. The van der Waals surface area contributed by atoms with Crippen molar-refractivity contribution in [3.05, 3.63) is 76.5 Å². The molecule has 2 amide bonds. The maximum atomic E-state index is 12.8. The van der Waals surface area contributed by atoms with Crippen LogP contribution in [0.15, 0.2) is 53.1 Å². The lowest BCUT2D eigenvalue weighted by molar-refractivity contribution is -0.130. The quantitative estimate of drug-likeness (QED) is 0.619. The molecule has 1 aromatic carbocycles. The number of rotatable bonds is 6. The van der Waals surface area contributed by atoms with Crippen molar-refractivity contribution < 1.29 is 14.0 Å². The second-order valence-corrected chi connectivity index (χ2v) is 8.42. The lowest BCUT2D eigenvalue weighted by atomic mass is 10.2. The molecule has 2 aromatic heterocycles. The Morgan fingerprint density at radius 1 is 1.06 bits per heavy atom. The molecule has 1 aliphatic rings. The Bertz CT molecular complexity index is 1100. The van der Waals surface area contributed by atoms with E-state index < -0.39 is 0 Å². The summed E-state index contributed by atoms with van der Waals surface area (Å²) in [6.45, 7) is 7.09.